The van der Waals surface area contributed by atoms with Crippen molar-refractivity contribution in [2.75, 3.05) is 12.3 Å². The Morgan fingerprint density at radius 1 is 1.37 bits per heavy atom. The number of fused-ring (bicyclic) bond motifs is 1. The minimum Gasteiger partial charge on any atom is -0.676 e. The van der Waals surface area contributed by atoms with Crippen LogP contribution in [0.15, 0.2) is 12.7 Å². The number of nitrogen functional groups attached to an aromatic ring is 1. The number of hydrogen-bond acceptors (Lipinski definition) is 13. The van der Waals surface area contributed by atoms with Crippen molar-refractivity contribution < 1.29 is 43.0 Å². The number of nitrogens with two attached hydrogens (primary N) is 1. The molecule has 5 N–H and O–H groups in total. The molecule has 0 bridgehead atoms. The van der Waals surface area contributed by atoms with Crippen molar-refractivity contribution in [3.8, 4) is 0 Å². The Hall–Kier alpha value is -0.960. The normalized spacial score (nSPS) is 28.5. The molecule has 27 heavy (non-hydrogen) atoms. The molecule has 1 saturated heterocycles. The smallest absolute Gasteiger partial charge is 0.503 e. The van der Waals surface area contributed by atoms with Gasteiger partial charge in [-0.15, -0.1) is 0 Å². The van der Waals surface area contributed by atoms with Crippen molar-refractivity contribution in [2.45, 2.75) is 24.5 Å². The first-order chi connectivity index (χ1) is 12.5. The first-order valence-corrected chi connectivity index (χ1v) is 11.2. The second-order valence-electron chi connectivity index (χ2n) is 5.42. The molecule has 0 aromatic carbocycles. The third-order valence-corrected chi connectivity index (χ3v) is 6.30. The molecule has 2 aromatic rings. The molecule has 0 radical (unpaired) electrons. The molecule has 0 spiro atoms. The van der Waals surface area contributed by atoms with Crippen LogP contribution < -0.4 is 15.5 Å². The molecule has 0 saturated carbocycles. The quantitative estimate of drug-likeness (QED) is 0.261. The van der Waals surface area contributed by atoms with E-state index in [0.29, 0.717) is 0 Å². The number of hydrogen-bond donors (Lipinski definition) is 4. The number of aliphatic hydroxyl groups is 2. The zero-order valence-corrected chi connectivity index (χ0v) is 15.7. The first-order valence-electron chi connectivity index (χ1n) is 7.14. The number of anilines is 1. The molecule has 2 aromatic heterocycles. The molecule has 14 nitrogen and oxygen atoms in total. The Kier molecular flexibility index (Phi) is 5.74. The summed E-state index contributed by atoms with van der Waals surface area (Å²) in [6, 6.07) is 0. The fourth-order valence-corrected chi connectivity index (χ4v) is 4.76. The molecule has 3 heterocycles. The lowest BCUT2D eigenvalue weighted by Crippen LogP contribution is -2.33. The van der Waals surface area contributed by atoms with Gasteiger partial charge in [0.15, 0.2) is 17.7 Å². The van der Waals surface area contributed by atoms with Gasteiger partial charge < -0.3 is 47.6 Å². The Morgan fingerprint density at radius 3 is 2.74 bits per heavy atom. The molecular weight excluding hydrogens is 428 g/mol. The minimum absolute atomic E-state index is 0.0935. The lowest BCUT2D eigenvalue weighted by Gasteiger charge is -2.40. The van der Waals surface area contributed by atoms with E-state index >= 15 is 0 Å². The average molecular weight is 441 g/mol. The highest BCUT2D eigenvalue weighted by Crippen LogP contribution is 2.58. The van der Waals surface area contributed by atoms with Crippen LogP contribution in [0.3, 0.4) is 0 Å². The predicted octanol–water partition coefficient (Wildman–Crippen LogP) is -2.89. The van der Waals surface area contributed by atoms with E-state index in [0.717, 1.165) is 0 Å². The van der Waals surface area contributed by atoms with Crippen molar-refractivity contribution in [3.05, 3.63) is 12.7 Å². The summed E-state index contributed by atoms with van der Waals surface area (Å²) in [6.45, 7) is -0.776. The van der Waals surface area contributed by atoms with Gasteiger partial charge in [0, 0.05) is 0 Å². The SMILES string of the molecule is Nc1ncnc2c1ncn2[C@@H]1O[C@H](COP(=O)(O)O[P+]([O-])([O-])[S-])[C@@H](O)[C@H]1O. The van der Waals surface area contributed by atoms with Gasteiger partial charge in [0.2, 0.25) is 0 Å². The molecule has 3 rings (SSSR count). The summed E-state index contributed by atoms with van der Waals surface area (Å²) in [6.07, 6.45) is -3.10. The number of nitrogens with zero attached hydrogens (tertiary/aromatic N) is 4. The van der Waals surface area contributed by atoms with Gasteiger partial charge in [0.1, 0.15) is 30.2 Å². The highest BCUT2D eigenvalue weighted by Gasteiger charge is 2.45. The van der Waals surface area contributed by atoms with E-state index in [2.05, 4.69) is 36.0 Å². The lowest BCUT2D eigenvalue weighted by atomic mass is 10.1. The topological polar surface area (TPSA) is 221 Å². The number of imidazole rings is 1. The second kappa shape index (κ2) is 7.46. The fourth-order valence-electron chi connectivity index (χ4n) is 2.47. The molecule has 0 amide bonds. The van der Waals surface area contributed by atoms with E-state index in [1.54, 1.807) is 0 Å². The van der Waals surface area contributed by atoms with Crippen LogP contribution in [0.5, 0.6) is 0 Å². The van der Waals surface area contributed by atoms with Crippen LogP contribution in [0.1, 0.15) is 6.23 Å². The molecule has 150 valence electrons. The van der Waals surface area contributed by atoms with Gasteiger partial charge >= 0.3 is 7.82 Å². The van der Waals surface area contributed by atoms with Crippen molar-refractivity contribution in [1.82, 2.24) is 19.5 Å². The van der Waals surface area contributed by atoms with Gasteiger partial charge in [-0.25, -0.2) is 19.5 Å². The molecular formula is C10H13N5O9P2S-2. The number of aliphatic hydroxyl groups excluding tert-OH is 2. The average Bonchev–Trinajstić information content (AvgIpc) is 3.07. The third kappa shape index (κ3) is 4.55. The van der Waals surface area contributed by atoms with Crippen molar-refractivity contribution in [1.29, 1.82) is 0 Å². The maximum absolute atomic E-state index is 11.5. The summed E-state index contributed by atoms with van der Waals surface area (Å²) in [5.74, 6) is 0.0935. The number of phosphoric ester groups is 1. The van der Waals surface area contributed by atoms with Crippen molar-refractivity contribution in [2.24, 2.45) is 0 Å². The molecule has 0 aliphatic carbocycles. The van der Waals surface area contributed by atoms with Crippen molar-refractivity contribution in [3.63, 3.8) is 0 Å². The predicted molar refractivity (Wildman–Crippen MR) is 86.8 cm³/mol. The Labute approximate surface area is 156 Å². The summed E-state index contributed by atoms with van der Waals surface area (Å²) in [5.41, 5.74) is 6.13. The third-order valence-electron chi connectivity index (χ3n) is 3.60. The molecule has 1 aliphatic heterocycles. The van der Waals surface area contributed by atoms with Gasteiger partial charge in [0.25, 0.3) is 0 Å². The fraction of sp³-hybridized carbons (Fsp3) is 0.500. The standard InChI is InChI=1S/C10H15N5O9P2S/c11-8-5-9(13-2-12-8)15(3-14-5)10-7(17)6(16)4(23-10)1-22-25(18,19)24-26(20,21)27/h2-4,6-7,10,16-17H,1H2,(H,18,19)(H2,11,12,13)(H2,20,21,27)/p-2/t4-,6-,7-,10-/m1/s1. The van der Waals surface area contributed by atoms with Gasteiger partial charge in [-0.05, 0) is 0 Å². The summed E-state index contributed by atoms with van der Waals surface area (Å²) in [4.78, 5) is 42.6. The molecule has 1 unspecified atom stereocenters. The molecule has 17 heteroatoms. The largest absolute Gasteiger partial charge is 0.676 e. The zero-order valence-electron chi connectivity index (χ0n) is 13.1. The maximum Gasteiger partial charge on any atom is 0.503 e. The number of aromatic nitrogens is 4. The Balaban J connectivity index is 1.74. The van der Waals surface area contributed by atoms with Crippen LogP contribution in [0.2, 0.25) is 0 Å². The van der Waals surface area contributed by atoms with Crippen LogP contribution in [0.4, 0.5) is 5.82 Å². The van der Waals surface area contributed by atoms with Gasteiger partial charge in [-0.3, -0.25) is 9.09 Å². The number of phosphoric acid groups is 1. The van der Waals surface area contributed by atoms with Gasteiger partial charge in [-0.2, -0.15) is 4.31 Å². The maximum atomic E-state index is 11.5. The zero-order chi connectivity index (χ0) is 20.0. The van der Waals surface area contributed by atoms with Crippen LogP contribution >= 0.6 is 15.0 Å². The monoisotopic (exact) mass is 441 g/mol. The van der Waals surface area contributed by atoms with E-state index in [1.807, 2.05) is 0 Å². The number of rotatable bonds is 6. The van der Waals surface area contributed by atoms with Crippen LogP contribution in [-0.4, -0.2) is 59.5 Å². The van der Waals surface area contributed by atoms with Crippen molar-refractivity contribution >= 4 is 44.2 Å². The van der Waals surface area contributed by atoms with Crippen LogP contribution in [0, 0.1) is 0 Å². The van der Waals surface area contributed by atoms with E-state index in [1.165, 1.54) is 17.2 Å². The summed E-state index contributed by atoms with van der Waals surface area (Å²) >= 11 is 3.86. The van der Waals surface area contributed by atoms with E-state index in [-0.39, 0.29) is 17.0 Å². The summed E-state index contributed by atoms with van der Waals surface area (Å²) in [7, 11) is -10.0. The highest BCUT2D eigenvalue weighted by molar-refractivity contribution is 8.34. The lowest BCUT2D eigenvalue weighted by molar-refractivity contribution is -0.317. The molecule has 1 fully saturated rings. The second-order valence-corrected chi connectivity index (χ2v) is 9.51. The Bertz CT molecular complexity index is 878. The van der Waals surface area contributed by atoms with E-state index in [4.69, 9.17) is 10.5 Å². The van der Waals surface area contributed by atoms with Gasteiger partial charge in [-0.1, -0.05) is 7.15 Å². The van der Waals surface area contributed by atoms with E-state index in [9.17, 15) is 29.5 Å². The molecule has 5 atom stereocenters. The minimum atomic E-state index is -5.05. The summed E-state index contributed by atoms with van der Waals surface area (Å²) < 4.78 is 26.5. The van der Waals surface area contributed by atoms with E-state index < -0.39 is 46.1 Å². The first kappa shape index (κ1) is 20.8. The number of ether oxygens (including phenoxy) is 1. The highest BCUT2D eigenvalue weighted by atomic mass is 32.7. The Morgan fingerprint density at radius 2 is 2.07 bits per heavy atom. The summed E-state index contributed by atoms with van der Waals surface area (Å²) in [5, 5.41) is 20.3. The van der Waals surface area contributed by atoms with Crippen LogP contribution in [0.25, 0.3) is 11.2 Å². The van der Waals surface area contributed by atoms with Crippen LogP contribution in [-0.2, 0) is 30.4 Å². The molecule has 1 aliphatic rings. The van der Waals surface area contributed by atoms with Gasteiger partial charge in [0.05, 0.1) is 12.9 Å².